The maximum absolute atomic E-state index is 10.5. The van der Waals surface area contributed by atoms with Crippen LogP contribution in [-0.4, -0.2) is 9.13 Å². The Labute approximate surface area is 375 Å². The van der Waals surface area contributed by atoms with Crippen LogP contribution < -0.4 is 0 Å². The highest BCUT2D eigenvalue weighted by molar-refractivity contribution is 6.12. The van der Waals surface area contributed by atoms with Crippen molar-refractivity contribution in [1.82, 2.24) is 9.13 Å². The highest BCUT2D eigenvalue weighted by atomic mass is 15.0. The van der Waals surface area contributed by atoms with E-state index in [9.17, 15) is 15.8 Å². The van der Waals surface area contributed by atoms with E-state index in [2.05, 4.69) is 141 Å². The number of hydrogen-bond acceptors (Lipinski definition) is 3. The molecule has 0 spiro atoms. The van der Waals surface area contributed by atoms with Crippen LogP contribution in [0.25, 0.3) is 104 Å². The van der Waals surface area contributed by atoms with Crippen molar-refractivity contribution >= 4 is 49.3 Å². The van der Waals surface area contributed by atoms with Gasteiger partial charge in [-0.3, -0.25) is 0 Å². The Kier molecular flexibility index (Phi) is 9.15. The van der Waals surface area contributed by atoms with Crippen molar-refractivity contribution < 1.29 is 0 Å². The summed E-state index contributed by atoms with van der Waals surface area (Å²) in [6.07, 6.45) is 0. The van der Waals surface area contributed by atoms with E-state index >= 15 is 0 Å². The first-order chi connectivity index (χ1) is 31.9. The SMILES string of the molecule is [C-]#[N+]c1ccc(-c2ccc3c(c2)c2ccccc2n3-c2ccc(-c3ccc(C#N)cc3C)c(-c3cc(C#N)ccc3-n3c4ccccc4c4cc(-c5ccc(C#N)cc5)ccc43)c2)cc1. The van der Waals surface area contributed by atoms with Gasteiger partial charge in [-0.1, -0.05) is 97.1 Å². The van der Waals surface area contributed by atoms with E-state index in [0.717, 1.165) is 105 Å². The molecule has 0 radical (unpaired) electrons. The first kappa shape index (κ1) is 38.5. The molecule has 0 amide bonds. The fraction of sp³-hybridized carbons (Fsp3) is 0.0169. The van der Waals surface area contributed by atoms with Crippen LogP contribution >= 0.6 is 0 Å². The summed E-state index contributed by atoms with van der Waals surface area (Å²) in [6, 6.07) is 70.7. The third kappa shape index (κ3) is 6.39. The van der Waals surface area contributed by atoms with Gasteiger partial charge in [0.2, 0.25) is 0 Å². The normalized spacial score (nSPS) is 11.1. The van der Waals surface area contributed by atoms with E-state index < -0.39 is 0 Å². The van der Waals surface area contributed by atoms with Crippen LogP contribution in [-0.2, 0) is 0 Å². The minimum absolute atomic E-state index is 0.536. The molecule has 65 heavy (non-hydrogen) atoms. The van der Waals surface area contributed by atoms with Crippen LogP contribution in [0, 0.1) is 47.5 Å². The molecule has 2 aromatic heterocycles. The molecule has 9 aromatic carbocycles. The van der Waals surface area contributed by atoms with E-state index in [-0.39, 0.29) is 0 Å². The molecular weight excluding hydrogens is 793 g/mol. The summed E-state index contributed by atoms with van der Waals surface area (Å²) in [4.78, 5) is 3.58. The maximum atomic E-state index is 10.5. The quantitative estimate of drug-likeness (QED) is 0.156. The molecule has 0 aliphatic carbocycles. The molecule has 300 valence electrons. The van der Waals surface area contributed by atoms with Crippen LogP contribution in [0.15, 0.2) is 188 Å². The van der Waals surface area contributed by atoms with Gasteiger partial charge < -0.3 is 9.13 Å². The third-order valence-electron chi connectivity index (χ3n) is 12.6. The molecule has 0 bridgehead atoms. The van der Waals surface area contributed by atoms with Crippen molar-refractivity contribution in [2.45, 2.75) is 6.92 Å². The summed E-state index contributed by atoms with van der Waals surface area (Å²) in [6.45, 7) is 9.47. The Morgan fingerprint density at radius 3 is 1.52 bits per heavy atom. The van der Waals surface area contributed by atoms with Gasteiger partial charge in [-0.2, -0.15) is 15.8 Å². The average Bonchev–Trinajstić information content (AvgIpc) is 3.88. The first-order valence-electron chi connectivity index (χ1n) is 21.2. The summed E-state index contributed by atoms with van der Waals surface area (Å²) in [5, 5.41) is 34.2. The van der Waals surface area contributed by atoms with Gasteiger partial charge in [0.25, 0.3) is 0 Å². The summed E-state index contributed by atoms with van der Waals surface area (Å²) < 4.78 is 4.62. The topological polar surface area (TPSA) is 85.6 Å². The van der Waals surface area contributed by atoms with Crippen LogP contribution in [0.5, 0.6) is 0 Å². The number of aryl methyl sites for hydroxylation is 1. The molecule has 6 nitrogen and oxygen atoms in total. The second kappa shape index (κ2) is 15.5. The number of benzene rings is 9. The van der Waals surface area contributed by atoms with Crippen molar-refractivity contribution in [3.8, 4) is 74.1 Å². The Morgan fingerprint density at radius 1 is 0.400 bits per heavy atom. The molecule has 11 aromatic rings. The first-order valence-corrected chi connectivity index (χ1v) is 21.2. The van der Waals surface area contributed by atoms with Gasteiger partial charge in [0.1, 0.15) is 0 Å². The van der Waals surface area contributed by atoms with Crippen molar-refractivity contribution in [3.05, 3.63) is 222 Å². The summed E-state index contributed by atoms with van der Waals surface area (Å²) >= 11 is 0. The van der Waals surface area contributed by atoms with E-state index in [1.165, 1.54) is 0 Å². The Morgan fingerprint density at radius 2 is 0.908 bits per heavy atom. The molecule has 0 fully saturated rings. The Bertz CT molecular complexity index is 3930. The van der Waals surface area contributed by atoms with Crippen molar-refractivity contribution in [2.24, 2.45) is 0 Å². The molecule has 0 saturated carbocycles. The predicted molar refractivity (Wildman–Crippen MR) is 262 cm³/mol. The van der Waals surface area contributed by atoms with Crippen molar-refractivity contribution in [3.63, 3.8) is 0 Å². The predicted octanol–water partition coefficient (Wildman–Crippen LogP) is 15.0. The molecule has 0 N–H and O–H groups in total. The van der Waals surface area contributed by atoms with Gasteiger partial charge in [-0.05, 0) is 142 Å². The summed E-state index contributed by atoms with van der Waals surface area (Å²) in [5.74, 6) is 0. The van der Waals surface area contributed by atoms with Crippen LogP contribution in [0.2, 0.25) is 0 Å². The zero-order valence-electron chi connectivity index (χ0n) is 35.1. The van der Waals surface area contributed by atoms with Gasteiger partial charge in [0.15, 0.2) is 5.69 Å². The highest BCUT2D eigenvalue weighted by Gasteiger charge is 2.22. The number of nitriles is 3. The Hall–Kier alpha value is -9.46. The average molecular weight is 827 g/mol. The van der Waals surface area contributed by atoms with Gasteiger partial charge >= 0.3 is 0 Å². The number of rotatable bonds is 6. The Balaban J connectivity index is 1.17. The molecule has 0 saturated heterocycles. The van der Waals surface area contributed by atoms with Crippen LogP contribution in [0.1, 0.15) is 22.3 Å². The molecule has 0 atom stereocenters. The molecular formula is C59H34N6. The number of fused-ring (bicyclic) bond motifs is 6. The lowest BCUT2D eigenvalue weighted by Gasteiger charge is -2.20. The van der Waals surface area contributed by atoms with Crippen LogP contribution in [0.3, 0.4) is 0 Å². The smallest absolute Gasteiger partial charge is 0.187 e. The van der Waals surface area contributed by atoms with E-state index in [0.29, 0.717) is 22.4 Å². The minimum Gasteiger partial charge on any atom is -0.309 e. The lowest BCUT2D eigenvalue weighted by Crippen LogP contribution is -2.01. The summed E-state index contributed by atoms with van der Waals surface area (Å²) in [7, 11) is 0. The zero-order valence-corrected chi connectivity index (χ0v) is 35.1. The third-order valence-corrected chi connectivity index (χ3v) is 12.6. The molecule has 6 heteroatoms. The number of para-hydroxylation sites is 2. The largest absolute Gasteiger partial charge is 0.309 e. The highest BCUT2D eigenvalue weighted by Crippen LogP contribution is 2.44. The fourth-order valence-electron chi connectivity index (χ4n) is 9.49. The second-order valence-electron chi connectivity index (χ2n) is 16.2. The fourth-order valence-corrected chi connectivity index (χ4v) is 9.49. The number of aromatic nitrogens is 2. The maximum Gasteiger partial charge on any atom is 0.187 e. The van der Waals surface area contributed by atoms with E-state index in [1.807, 2.05) is 85.8 Å². The lowest BCUT2D eigenvalue weighted by molar-refractivity contribution is 1.17. The van der Waals surface area contributed by atoms with Gasteiger partial charge in [-0.15, -0.1) is 0 Å². The second-order valence-corrected chi connectivity index (χ2v) is 16.2. The van der Waals surface area contributed by atoms with Crippen molar-refractivity contribution in [1.29, 1.82) is 15.8 Å². The molecule has 0 aliphatic rings. The number of hydrogen-bond donors (Lipinski definition) is 0. The van der Waals surface area contributed by atoms with Gasteiger partial charge in [0.05, 0.1) is 69.2 Å². The molecule has 0 unspecified atom stereocenters. The molecule has 2 heterocycles. The van der Waals surface area contributed by atoms with Gasteiger partial charge in [0, 0.05) is 32.8 Å². The van der Waals surface area contributed by atoms with Crippen LogP contribution in [0.4, 0.5) is 5.69 Å². The molecule has 0 aliphatic heterocycles. The zero-order chi connectivity index (χ0) is 44.2. The molecule has 11 rings (SSSR count). The monoisotopic (exact) mass is 826 g/mol. The number of nitrogens with zero attached hydrogens (tertiary/aromatic N) is 6. The summed E-state index contributed by atoms with van der Waals surface area (Å²) in [5.41, 5.74) is 17.3. The van der Waals surface area contributed by atoms with Crippen molar-refractivity contribution in [2.75, 3.05) is 0 Å². The van der Waals surface area contributed by atoms with Gasteiger partial charge in [-0.25, -0.2) is 4.85 Å². The lowest BCUT2D eigenvalue weighted by atomic mass is 9.89. The van der Waals surface area contributed by atoms with E-state index in [1.54, 1.807) is 0 Å². The standard InChI is InChI=1S/C59H34N6/c1-37-29-39(35-61)13-24-47(37)48-25-23-46(64-55-9-5-3-7-49(55)53-31-44(19-27-57(53)64)42-17-21-45(63-2)22-18-42)33-51(48)52-30-40(36-62)14-26-58(52)65-56-10-6-4-8-50(56)54-32-43(20-28-59(54)65)41-15-11-38(34-60)12-16-41/h3-33H,1H3. The minimum atomic E-state index is 0.536. The van der Waals surface area contributed by atoms with E-state index in [4.69, 9.17) is 6.57 Å².